The summed E-state index contributed by atoms with van der Waals surface area (Å²) in [6.07, 6.45) is 6.49. The number of ether oxygens (including phenoxy) is 7. The Hall–Kier alpha value is -3.34. The fraction of sp³-hybridized carbons (Fsp3) is 0.767. The van der Waals surface area contributed by atoms with E-state index in [1.807, 2.05) is 20.8 Å². The molecule has 1 fully saturated rings. The van der Waals surface area contributed by atoms with Gasteiger partial charge in [0.1, 0.15) is 29.8 Å². The van der Waals surface area contributed by atoms with Gasteiger partial charge in [-0.1, -0.05) is 72.6 Å². The summed E-state index contributed by atoms with van der Waals surface area (Å²) in [6.45, 7) is 22.0. The first-order valence-electron chi connectivity index (χ1n) is 20.1. The smallest absolute Gasteiger partial charge is 0.303 e. The molecule has 0 saturated carbocycles. The molecule has 2 aliphatic rings. The third-order valence-corrected chi connectivity index (χ3v) is 11.0. The Labute approximate surface area is 323 Å². The van der Waals surface area contributed by atoms with Crippen molar-refractivity contribution in [3.63, 3.8) is 0 Å². The maximum absolute atomic E-state index is 12.4. The molecule has 1 aromatic carbocycles. The lowest BCUT2D eigenvalue weighted by molar-refractivity contribution is -0.288. The number of carbonyl (C=O) groups excluding carboxylic acids is 4. The van der Waals surface area contributed by atoms with Crippen LogP contribution in [0.4, 0.5) is 0 Å². The highest BCUT2D eigenvalue weighted by atomic mass is 16.7. The molecule has 2 aliphatic heterocycles. The summed E-state index contributed by atoms with van der Waals surface area (Å²) in [4.78, 5) is 48.6. The van der Waals surface area contributed by atoms with E-state index in [4.69, 9.17) is 33.2 Å². The lowest BCUT2D eigenvalue weighted by Crippen LogP contribution is -2.63. The van der Waals surface area contributed by atoms with Crippen molar-refractivity contribution in [2.45, 2.75) is 190 Å². The molecule has 8 atom stereocenters. The first-order valence-corrected chi connectivity index (χ1v) is 20.1. The standard InChI is InChI=1S/C43H68O11/c1-25(2)16-13-17-26(3)18-14-19-27(4)20-15-22-43(12)23-21-35-30(7)37(28(5)29(6)38(35)54-43)53-42-41(51-34(11)47)40(50-33(10)46)39(49-32(9)45)36(52-42)24-48-31(8)44/h25-27,36,39-42H,13-24H2,1-12H3/t26?,27?,36-,39-,40+,41-,42+,43-/m1/s1. The number of rotatable bonds is 19. The van der Waals surface area contributed by atoms with Crippen LogP contribution in [-0.4, -0.2) is 66.8 Å². The summed E-state index contributed by atoms with van der Waals surface area (Å²) >= 11 is 0. The van der Waals surface area contributed by atoms with Gasteiger partial charge in [-0.05, 0) is 87.8 Å². The molecule has 54 heavy (non-hydrogen) atoms. The second-order valence-electron chi connectivity index (χ2n) is 16.6. The normalized spacial score (nSPS) is 24.8. The lowest BCUT2D eigenvalue weighted by atomic mass is 9.83. The molecule has 0 aliphatic carbocycles. The van der Waals surface area contributed by atoms with Crippen LogP contribution in [0.2, 0.25) is 0 Å². The van der Waals surface area contributed by atoms with E-state index in [-0.39, 0.29) is 12.2 Å². The maximum Gasteiger partial charge on any atom is 0.303 e. The van der Waals surface area contributed by atoms with Gasteiger partial charge >= 0.3 is 23.9 Å². The highest BCUT2D eigenvalue weighted by Gasteiger charge is 2.53. The average Bonchev–Trinajstić information content (AvgIpc) is 3.06. The topological polar surface area (TPSA) is 133 Å². The number of fused-ring (bicyclic) bond motifs is 1. The summed E-state index contributed by atoms with van der Waals surface area (Å²) < 4.78 is 41.7. The number of esters is 4. The summed E-state index contributed by atoms with van der Waals surface area (Å²) in [5.41, 5.74) is 3.35. The first kappa shape index (κ1) is 45.1. The molecule has 3 rings (SSSR count). The molecule has 1 aromatic rings. The van der Waals surface area contributed by atoms with E-state index >= 15 is 0 Å². The van der Waals surface area contributed by atoms with Crippen molar-refractivity contribution in [3.8, 4) is 11.5 Å². The van der Waals surface area contributed by atoms with Gasteiger partial charge in [-0.15, -0.1) is 0 Å². The summed E-state index contributed by atoms with van der Waals surface area (Å²) in [6, 6.07) is 0. The van der Waals surface area contributed by atoms with E-state index in [0.29, 0.717) is 11.7 Å². The Kier molecular flexibility index (Phi) is 17.1. The van der Waals surface area contributed by atoms with E-state index in [9.17, 15) is 19.2 Å². The van der Waals surface area contributed by atoms with Crippen LogP contribution < -0.4 is 9.47 Å². The Balaban J connectivity index is 1.77. The van der Waals surface area contributed by atoms with Crippen LogP contribution in [0, 0.1) is 38.5 Å². The predicted octanol–water partition coefficient (Wildman–Crippen LogP) is 8.60. The zero-order valence-corrected chi connectivity index (χ0v) is 35.1. The zero-order valence-electron chi connectivity index (χ0n) is 35.1. The van der Waals surface area contributed by atoms with E-state index in [1.54, 1.807) is 0 Å². The second-order valence-corrected chi connectivity index (χ2v) is 16.6. The van der Waals surface area contributed by atoms with Crippen molar-refractivity contribution in [2.75, 3.05) is 6.61 Å². The van der Waals surface area contributed by atoms with Gasteiger partial charge in [0.05, 0.1) is 0 Å². The Bertz CT molecular complexity index is 1440. The summed E-state index contributed by atoms with van der Waals surface area (Å²) in [7, 11) is 0. The average molecular weight is 761 g/mol. The van der Waals surface area contributed by atoms with Crippen LogP contribution in [0.3, 0.4) is 0 Å². The number of carbonyl (C=O) groups is 4. The van der Waals surface area contributed by atoms with Gasteiger partial charge in [-0.25, -0.2) is 0 Å². The van der Waals surface area contributed by atoms with Crippen molar-refractivity contribution in [1.29, 1.82) is 0 Å². The molecule has 0 amide bonds. The largest absolute Gasteiger partial charge is 0.487 e. The fourth-order valence-electron chi connectivity index (χ4n) is 7.84. The molecule has 0 N–H and O–H groups in total. The Morgan fingerprint density at radius 3 is 1.80 bits per heavy atom. The Morgan fingerprint density at radius 2 is 1.24 bits per heavy atom. The molecule has 1 saturated heterocycles. The van der Waals surface area contributed by atoms with Crippen LogP contribution >= 0.6 is 0 Å². The first-order chi connectivity index (χ1) is 25.3. The molecule has 0 radical (unpaired) electrons. The third kappa shape index (κ3) is 13.2. The van der Waals surface area contributed by atoms with Crippen molar-refractivity contribution >= 4 is 23.9 Å². The number of hydrogen-bond donors (Lipinski definition) is 0. The van der Waals surface area contributed by atoms with Crippen molar-refractivity contribution in [1.82, 2.24) is 0 Å². The number of benzene rings is 1. The van der Waals surface area contributed by atoms with Crippen molar-refractivity contribution < 1.29 is 52.3 Å². The van der Waals surface area contributed by atoms with Gasteiger partial charge in [-0.2, -0.15) is 0 Å². The molecule has 306 valence electrons. The van der Waals surface area contributed by atoms with Crippen LogP contribution in [0.25, 0.3) is 0 Å². The second kappa shape index (κ2) is 20.5. The molecule has 0 bridgehead atoms. The summed E-state index contributed by atoms with van der Waals surface area (Å²) in [5.74, 6) is 0.997. The van der Waals surface area contributed by atoms with Gasteiger partial charge < -0.3 is 33.2 Å². The SMILES string of the molecule is CC(=O)OC[C@H]1O[C@@H](Oc2c(C)c(C)c3c(c2C)CC[C@@](C)(CCCC(C)CCCC(C)CCCC(C)C)O3)[C@H](OC(C)=O)[C@@H](OC(C)=O)[C@@H]1OC(C)=O. The van der Waals surface area contributed by atoms with E-state index in [1.165, 1.54) is 72.6 Å². The van der Waals surface area contributed by atoms with E-state index < -0.39 is 54.6 Å². The van der Waals surface area contributed by atoms with Crippen LogP contribution in [0.1, 0.15) is 149 Å². The summed E-state index contributed by atoms with van der Waals surface area (Å²) in [5, 5.41) is 0. The van der Waals surface area contributed by atoms with Crippen LogP contribution in [0.15, 0.2) is 0 Å². The predicted molar refractivity (Wildman–Crippen MR) is 205 cm³/mol. The lowest BCUT2D eigenvalue weighted by Gasteiger charge is -2.44. The molecule has 0 spiro atoms. The molecule has 11 heteroatoms. The highest BCUT2D eigenvalue weighted by molar-refractivity contribution is 5.69. The Morgan fingerprint density at radius 1 is 0.704 bits per heavy atom. The van der Waals surface area contributed by atoms with Gasteiger partial charge in [0, 0.05) is 33.3 Å². The fourth-order valence-corrected chi connectivity index (χ4v) is 7.84. The van der Waals surface area contributed by atoms with Crippen molar-refractivity contribution in [3.05, 3.63) is 22.3 Å². The third-order valence-electron chi connectivity index (χ3n) is 11.0. The van der Waals surface area contributed by atoms with E-state index in [2.05, 4.69) is 34.6 Å². The van der Waals surface area contributed by atoms with Gasteiger partial charge in [0.15, 0.2) is 12.2 Å². The minimum Gasteiger partial charge on any atom is -0.487 e. The minimum atomic E-state index is -1.32. The molecular weight excluding hydrogens is 692 g/mol. The number of hydrogen-bond acceptors (Lipinski definition) is 11. The van der Waals surface area contributed by atoms with Crippen LogP contribution in [-0.2, 0) is 49.3 Å². The van der Waals surface area contributed by atoms with E-state index in [0.717, 1.165) is 65.5 Å². The molecule has 2 unspecified atom stereocenters. The van der Waals surface area contributed by atoms with Gasteiger partial charge in [0.25, 0.3) is 0 Å². The maximum atomic E-state index is 12.4. The monoisotopic (exact) mass is 760 g/mol. The molecule has 11 nitrogen and oxygen atoms in total. The van der Waals surface area contributed by atoms with Gasteiger partial charge in [-0.3, -0.25) is 19.2 Å². The molecule has 2 heterocycles. The van der Waals surface area contributed by atoms with Gasteiger partial charge in [0.2, 0.25) is 12.4 Å². The zero-order chi connectivity index (χ0) is 40.3. The molecular formula is C43H68O11. The quantitative estimate of drug-likeness (QED) is 0.0992. The van der Waals surface area contributed by atoms with Crippen molar-refractivity contribution in [2.24, 2.45) is 17.8 Å². The molecule has 0 aromatic heterocycles. The highest BCUT2D eigenvalue weighted by Crippen LogP contribution is 2.46. The van der Waals surface area contributed by atoms with Crippen LogP contribution in [0.5, 0.6) is 11.5 Å². The minimum absolute atomic E-state index is 0.288.